The Labute approximate surface area is 607 Å². The van der Waals surface area contributed by atoms with Crippen molar-refractivity contribution in [2.24, 2.45) is 11.8 Å². The molecule has 19 heteroatoms. The van der Waals surface area contributed by atoms with Crippen LogP contribution in [0.2, 0.25) is 0 Å². The first-order chi connectivity index (χ1) is 47.9. The van der Waals surface area contributed by atoms with Crippen LogP contribution in [-0.2, 0) is 65.4 Å². The molecular formula is C80H156O17P2. The Hall–Kier alpha value is -1.94. The van der Waals surface area contributed by atoms with Gasteiger partial charge in [-0.25, -0.2) is 9.13 Å². The zero-order valence-electron chi connectivity index (χ0n) is 64.8. The highest BCUT2D eigenvalue weighted by Crippen LogP contribution is 2.45. The summed E-state index contributed by atoms with van der Waals surface area (Å²) in [6.45, 7) is 9.71. The van der Waals surface area contributed by atoms with Crippen LogP contribution in [0.15, 0.2) is 0 Å². The number of rotatable bonds is 79. The molecule has 3 unspecified atom stereocenters. The minimum atomic E-state index is -4.96. The van der Waals surface area contributed by atoms with Crippen LogP contribution in [0, 0.1) is 11.8 Å². The Morgan fingerprint density at radius 1 is 0.293 bits per heavy atom. The molecule has 0 heterocycles. The number of ether oxygens (including phenoxy) is 4. The van der Waals surface area contributed by atoms with Crippen molar-refractivity contribution in [2.75, 3.05) is 39.6 Å². The lowest BCUT2D eigenvalue weighted by atomic mass is 9.99. The summed E-state index contributed by atoms with van der Waals surface area (Å²) in [6.07, 6.45) is 60.9. The molecular weight excluding hydrogens is 1290 g/mol. The van der Waals surface area contributed by atoms with Crippen LogP contribution < -0.4 is 0 Å². The van der Waals surface area contributed by atoms with Crippen molar-refractivity contribution in [1.29, 1.82) is 0 Å². The van der Waals surface area contributed by atoms with E-state index in [1.54, 1.807) is 0 Å². The van der Waals surface area contributed by atoms with Crippen molar-refractivity contribution in [1.82, 2.24) is 0 Å². The van der Waals surface area contributed by atoms with Gasteiger partial charge in [0.05, 0.1) is 26.4 Å². The van der Waals surface area contributed by atoms with Gasteiger partial charge in [0.1, 0.15) is 19.3 Å². The topological polar surface area (TPSA) is 237 Å². The lowest BCUT2D eigenvalue weighted by molar-refractivity contribution is -0.161. The van der Waals surface area contributed by atoms with Crippen molar-refractivity contribution < 1.29 is 80.2 Å². The van der Waals surface area contributed by atoms with E-state index < -0.39 is 97.5 Å². The number of phosphoric ester groups is 2. The monoisotopic (exact) mass is 1450 g/mol. The molecule has 0 aliphatic rings. The van der Waals surface area contributed by atoms with Crippen molar-refractivity contribution in [3.63, 3.8) is 0 Å². The zero-order valence-corrected chi connectivity index (χ0v) is 66.6. The number of aliphatic hydroxyl groups excluding tert-OH is 1. The standard InChI is InChI=1S/C80H156O17P2/c1-7-10-12-14-16-18-20-33-40-46-52-58-64-79(84)96-75(68-90-77(82)62-56-50-44-38-19-17-15-13-11-8-2)70-94-98(86,87)92-66-74(81)67-93-99(88,89)95-71-76(69-91-78(83)63-57-51-45-39-34-29-26-25-28-32-37-43-49-55-61-73(6)9-3)97-80(85)65-59-53-47-41-35-30-24-22-21-23-27-31-36-42-48-54-60-72(4)5/h72-76,81H,7-71H2,1-6H3,(H,86,87)(H,88,89)/t73?,74-,75+,76+/m0/s1. The maximum absolute atomic E-state index is 13.1. The predicted molar refractivity (Wildman–Crippen MR) is 405 cm³/mol. The average molecular weight is 1450 g/mol. The molecule has 0 rings (SSSR count). The number of hydrogen-bond donors (Lipinski definition) is 3. The summed E-state index contributed by atoms with van der Waals surface area (Å²) in [5.41, 5.74) is 0. The molecule has 0 saturated heterocycles. The fourth-order valence-electron chi connectivity index (χ4n) is 12.3. The molecule has 0 aromatic heterocycles. The van der Waals surface area contributed by atoms with E-state index in [0.717, 1.165) is 102 Å². The molecule has 0 fully saturated rings. The summed E-state index contributed by atoms with van der Waals surface area (Å²) in [4.78, 5) is 72.9. The number of hydrogen-bond acceptors (Lipinski definition) is 15. The van der Waals surface area contributed by atoms with E-state index in [2.05, 4.69) is 41.5 Å². The third kappa shape index (κ3) is 72.8. The molecule has 6 atom stereocenters. The van der Waals surface area contributed by atoms with Gasteiger partial charge in [-0.1, -0.05) is 369 Å². The molecule has 588 valence electrons. The molecule has 0 amide bonds. The molecule has 0 bridgehead atoms. The van der Waals surface area contributed by atoms with Crippen LogP contribution in [0.5, 0.6) is 0 Å². The van der Waals surface area contributed by atoms with Crippen LogP contribution in [0.1, 0.15) is 420 Å². The normalized spacial score (nSPS) is 14.2. The van der Waals surface area contributed by atoms with Gasteiger partial charge in [0, 0.05) is 25.7 Å². The third-order valence-electron chi connectivity index (χ3n) is 19.1. The summed E-state index contributed by atoms with van der Waals surface area (Å²) in [5.74, 6) is -0.449. The molecule has 0 aliphatic carbocycles. The van der Waals surface area contributed by atoms with E-state index in [0.29, 0.717) is 25.7 Å². The van der Waals surface area contributed by atoms with Crippen molar-refractivity contribution in [3.8, 4) is 0 Å². The maximum Gasteiger partial charge on any atom is 0.472 e. The molecule has 0 spiro atoms. The zero-order chi connectivity index (χ0) is 72.8. The fourth-order valence-corrected chi connectivity index (χ4v) is 13.9. The highest BCUT2D eigenvalue weighted by molar-refractivity contribution is 7.47. The molecule has 0 radical (unpaired) electrons. The Kier molecular flexibility index (Phi) is 70.3. The summed E-state index contributed by atoms with van der Waals surface area (Å²) in [6, 6.07) is 0. The summed E-state index contributed by atoms with van der Waals surface area (Å²) < 4.78 is 68.7. The van der Waals surface area contributed by atoms with Crippen LogP contribution in [0.25, 0.3) is 0 Å². The van der Waals surface area contributed by atoms with Gasteiger partial charge in [0.2, 0.25) is 0 Å². The van der Waals surface area contributed by atoms with Gasteiger partial charge in [0.15, 0.2) is 12.2 Å². The predicted octanol–water partition coefficient (Wildman–Crippen LogP) is 23.9. The van der Waals surface area contributed by atoms with Gasteiger partial charge in [-0.3, -0.25) is 37.3 Å². The summed E-state index contributed by atoms with van der Waals surface area (Å²) in [7, 11) is -9.92. The maximum atomic E-state index is 13.1. The molecule has 3 N–H and O–H groups in total. The first-order valence-corrected chi connectivity index (χ1v) is 44.5. The van der Waals surface area contributed by atoms with Crippen LogP contribution in [0.3, 0.4) is 0 Å². The second-order valence-corrected chi connectivity index (χ2v) is 32.4. The molecule has 0 aliphatic heterocycles. The van der Waals surface area contributed by atoms with E-state index in [4.69, 9.17) is 37.0 Å². The lowest BCUT2D eigenvalue weighted by Crippen LogP contribution is -2.30. The first kappa shape index (κ1) is 97.1. The van der Waals surface area contributed by atoms with Gasteiger partial charge in [-0.2, -0.15) is 0 Å². The van der Waals surface area contributed by atoms with Gasteiger partial charge in [-0.05, 0) is 37.5 Å². The van der Waals surface area contributed by atoms with Gasteiger partial charge in [0.25, 0.3) is 0 Å². The third-order valence-corrected chi connectivity index (χ3v) is 21.0. The molecule has 0 aromatic carbocycles. The molecule has 0 aromatic rings. The number of phosphoric acid groups is 2. The van der Waals surface area contributed by atoms with Crippen LogP contribution >= 0.6 is 15.6 Å². The Morgan fingerprint density at radius 2 is 0.515 bits per heavy atom. The largest absolute Gasteiger partial charge is 0.472 e. The minimum Gasteiger partial charge on any atom is -0.462 e. The Balaban J connectivity index is 5.23. The van der Waals surface area contributed by atoms with Gasteiger partial charge >= 0.3 is 39.5 Å². The Morgan fingerprint density at radius 3 is 0.768 bits per heavy atom. The highest BCUT2D eigenvalue weighted by Gasteiger charge is 2.30. The number of esters is 4. The van der Waals surface area contributed by atoms with Crippen LogP contribution in [-0.4, -0.2) is 96.7 Å². The number of aliphatic hydroxyl groups is 1. The molecule has 17 nitrogen and oxygen atoms in total. The van der Waals surface area contributed by atoms with Crippen LogP contribution in [0.4, 0.5) is 0 Å². The second kappa shape index (κ2) is 71.7. The van der Waals surface area contributed by atoms with Crippen molar-refractivity contribution >= 4 is 39.5 Å². The van der Waals surface area contributed by atoms with Crippen molar-refractivity contribution in [2.45, 2.75) is 439 Å². The lowest BCUT2D eigenvalue weighted by Gasteiger charge is -2.21. The van der Waals surface area contributed by atoms with Gasteiger partial charge in [-0.15, -0.1) is 0 Å². The first-order valence-electron chi connectivity index (χ1n) is 41.5. The minimum absolute atomic E-state index is 0.108. The van der Waals surface area contributed by atoms with Gasteiger partial charge < -0.3 is 33.8 Å². The number of unbranched alkanes of at least 4 members (excludes halogenated alkanes) is 48. The van der Waals surface area contributed by atoms with E-state index in [-0.39, 0.29) is 25.7 Å². The van der Waals surface area contributed by atoms with E-state index in [1.165, 1.54) is 238 Å². The van der Waals surface area contributed by atoms with E-state index in [9.17, 15) is 43.2 Å². The molecule has 99 heavy (non-hydrogen) atoms. The molecule has 0 saturated carbocycles. The smallest absolute Gasteiger partial charge is 0.462 e. The average Bonchev–Trinajstić information content (AvgIpc) is 1.15. The summed E-state index contributed by atoms with van der Waals surface area (Å²) >= 11 is 0. The highest BCUT2D eigenvalue weighted by atomic mass is 31.2. The number of carbonyl (C=O) groups is 4. The fraction of sp³-hybridized carbons (Fsp3) is 0.950. The second-order valence-electron chi connectivity index (χ2n) is 29.5. The summed E-state index contributed by atoms with van der Waals surface area (Å²) in [5, 5.41) is 10.6. The number of carbonyl (C=O) groups excluding carboxylic acids is 4. The SMILES string of the molecule is CCCCCCCCCCCCCCC(=O)O[C@H](COC(=O)CCCCCCCCCCCC)COP(=O)(O)OC[C@H](O)COP(=O)(O)OC[C@@H](COC(=O)CCCCCCCCCCCCCCCCC(C)CC)OC(=O)CCCCCCCCCCCCCCCCCCC(C)C. The van der Waals surface area contributed by atoms with E-state index in [1.807, 2.05) is 0 Å². The van der Waals surface area contributed by atoms with Crippen molar-refractivity contribution in [3.05, 3.63) is 0 Å². The quantitative estimate of drug-likeness (QED) is 0.0222. The van der Waals surface area contributed by atoms with E-state index >= 15 is 0 Å². The Bertz CT molecular complexity index is 1910.